The first-order chi connectivity index (χ1) is 12.2. The third kappa shape index (κ3) is 5.38. The summed E-state index contributed by atoms with van der Waals surface area (Å²) in [4.78, 5) is 0. The average molecular weight is 365 g/mol. The molecule has 1 aromatic rings. The minimum absolute atomic E-state index is 0.332. The molecule has 0 bridgehead atoms. The van der Waals surface area contributed by atoms with Crippen LogP contribution in [0.1, 0.15) is 76.2 Å². The minimum atomic E-state index is -0.728. The van der Waals surface area contributed by atoms with Crippen molar-refractivity contribution < 1.29 is 8.78 Å². The van der Waals surface area contributed by atoms with Crippen LogP contribution in [0.15, 0.2) is 18.2 Å². The van der Waals surface area contributed by atoms with Crippen molar-refractivity contribution in [2.45, 2.75) is 88.8 Å². The number of benzene rings is 1. The Bertz CT molecular complexity index is 529. The largest absolute Gasteiger partial charge is 0.204 e. The second-order valence-corrected chi connectivity index (χ2v) is 12.1. The molecule has 0 atom stereocenters. The summed E-state index contributed by atoms with van der Waals surface area (Å²) in [6, 6.07) is 9.25. The lowest BCUT2D eigenvalue weighted by molar-refractivity contribution is 0.280. The summed E-state index contributed by atoms with van der Waals surface area (Å²) in [5, 5.41) is 0. The van der Waals surface area contributed by atoms with Gasteiger partial charge in [-0.05, 0) is 61.1 Å². The van der Waals surface area contributed by atoms with Crippen molar-refractivity contribution >= 4 is 8.80 Å². The summed E-state index contributed by atoms with van der Waals surface area (Å²) in [7, 11) is -0.332. The van der Waals surface area contributed by atoms with Crippen LogP contribution in [0.5, 0.6) is 0 Å². The molecule has 2 aliphatic rings. The Morgan fingerprint density at radius 3 is 2.12 bits per heavy atom. The maximum atomic E-state index is 13.4. The maximum Gasteiger partial charge on any atom is 0.159 e. The topological polar surface area (TPSA) is 0 Å². The predicted octanol–water partition coefficient (Wildman–Crippen LogP) is 7.07. The van der Waals surface area contributed by atoms with Gasteiger partial charge in [0, 0.05) is 8.80 Å². The fraction of sp³-hybridized carbons (Fsp3) is 0.727. The van der Waals surface area contributed by atoms with Gasteiger partial charge in [0.25, 0.3) is 0 Å². The molecular formula is C22H34F2Si. The van der Waals surface area contributed by atoms with E-state index >= 15 is 0 Å². The van der Waals surface area contributed by atoms with Gasteiger partial charge in [0.05, 0.1) is 0 Å². The standard InChI is InChI=1S/C22H34F2Si/c1-2-13-25-14-11-18(12-15-25)4-3-17-5-7-19(8-6-17)20-9-10-21(23)22(24)16-20/h9-10,16-19,25H,2-8,11-15H2,1H3/t17?,18-,19?,25-. The molecule has 1 saturated heterocycles. The SMILES string of the molecule is CCC[Si@H]1CC[C@H](CCC2CCC(c3ccc(F)c(F)c3)CC2)CC1. The molecule has 2 fully saturated rings. The lowest BCUT2D eigenvalue weighted by Gasteiger charge is -2.32. The van der Waals surface area contributed by atoms with Gasteiger partial charge in [-0.25, -0.2) is 8.78 Å². The molecule has 140 valence electrons. The molecule has 0 spiro atoms. The van der Waals surface area contributed by atoms with Crippen LogP contribution >= 0.6 is 0 Å². The summed E-state index contributed by atoms with van der Waals surface area (Å²) in [6.45, 7) is 2.34. The molecule has 0 amide bonds. The third-order valence-electron chi connectivity index (χ3n) is 6.91. The smallest absolute Gasteiger partial charge is 0.159 e. The highest BCUT2D eigenvalue weighted by molar-refractivity contribution is 6.58. The Morgan fingerprint density at radius 2 is 1.52 bits per heavy atom. The molecule has 1 aliphatic heterocycles. The molecule has 0 N–H and O–H groups in total. The van der Waals surface area contributed by atoms with E-state index < -0.39 is 11.6 Å². The van der Waals surface area contributed by atoms with E-state index in [1.54, 1.807) is 24.2 Å². The molecule has 1 saturated carbocycles. The molecule has 0 unspecified atom stereocenters. The van der Waals surface area contributed by atoms with Crippen LogP contribution in [-0.2, 0) is 0 Å². The van der Waals surface area contributed by atoms with Crippen molar-refractivity contribution in [3.63, 3.8) is 0 Å². The van der Waals surface area contributed by atoms with Crippen molar-refractivity contribution in [2.24, 2.45) is 11.8 Å². The highest BCUT2D eigenvalue weighted by Crippen LogP contribution is 2.39. The van der Waals surface area contributed by atoms with Crippen LogP contribution in [0.3, 0.4) is 0 Å². The molecular weight excluding hydrogens is 330 g/mol. The van der Waals surface area contributed by atoms with E-state index in [1.807, 2.05) is 0 Å². The van der Waals surface area contributed by atoms with E-state index in [1.165, 1.54) is 57.1 Å². The molecule has 1 aliphatic carbocycles. The first-order valence-corrected chi connectivity index (χ1v) is 13.1. The van der Waals surface area contributed by atoms with Gasteiger partial charge in [0.1, 0.15) is 0 Å². The van der Waals surface area contributed by atoms with Crippen LogP contribution < -0.4 is 0 Å². The predicted molar refractivity (Wildman–Crippen MR) is 105 cm³/mol. The van der Waals surface area contributed by atoms with E-state index in [9.17, 15) is 8.78 Å². The number of rotatable bonds is 6. The average Bonchev–Trinajstić information content (AvgIpc) is 2.64. The summed E-state index contributed by atoms with van der Waals surface area (Å²) >= 11 is 0. The van der Waals surface area contributed by atoms with E-state index in [2.05, 4.69) is 6.92 Å². The van der Waals surface area contributed by atoms with Crippen molar-refractivity contribution in [1.29, 1.82) is 0 Å². The molecule has 1 heterocycles. The fourth-order valence-corrected chi connectivity index (χ4v) is 8.81. The Kier molecular flexibility index (Phi) is 7.09. The zero-order valence-corrected chi connectivity index (χ0v) is 16.9. The molecule has 0 radical (unpaired) electrons. The van der Waals surface area contributed by atoms with Crippen LogP contribution in [0.4, 0.5) is 8.78 Å². The molecule has 3 heteroatoms. The first-order valence-electron chi connectivity index (χ1n) is 10.6. The summed E-state index contributed by atoms with van der Waals surface area (Å²) in [5.74, 6) is 0.884. The number of hydrogen-bond donors (Lipinski definition) is 0. The van der Waals surface area contributed by atoms with Crippen LogP contribution in [-0.4, -0.2) is 8.80 Å². The monoisotopic (exact) mass is 364 g/mol. The van der Waals surface area contributed by atoms with Crippen LogP contribution in [0.2, 0.25) is 18.1 Å². The van der Waals surface area contributed by atoms with Gasteiger partial charge in [-0.15, -0.1) is 0 Å². The quantitative estimate of drug-likeness (QED) is 0.474. The Hall–Kier alpha value is -0.703. The highest BCUT2D eigenvalue weighted by Gasteiger charge is 2.25. The van der Waals surface area contributed by atoms with E-state index in [0.29, 0.717) is 5.92 Å². The first kappa shape index (κ1) is 19.1. The number of hydrogen-bond acceptors (Lipinski definition) is 0. The lowest BCUT2D eigenvalue weighted by Crippen LogP contribution is -2.22. The number of halogens is 2. The normalized spacial score (nSPS) is 30.4. The van der Waals surface area contributed by atoms with Crippen LogP contribution in [0.25, 0.3) is 0 Å². The minimum Gasteiger partial charge on any atom is -0.204 e. The van der Waals surface area contributed by atoms with E-state index in [4.69, 9.17) is 0 Å². The second-order valence-electron chi connectivity index (χ2n) is 8.64. The Labute approximate surface area is 154 Å². The summed E-state index contributed by atoms with van der Waals surface area (Å²) in [6.07, 6.45) is 12.1. The molecule has 0 nitrogen and oxygen atoms in total. The third-order valence-corrected chi connectivity index (χ3v) is 10.6. The van der Waals surface area contributed by atoms with Gasteiger partial charge in [0.15, 0.2) is 11.6 Å². The summed E-state index contributed by atoms with van der Waals surface area (Å²) < 4.78 is 26.5. The zero-order chi connectivity index (χ0) is 17.6. The van der Waals surface area contributed by atoms with Gasteiger partial charge in [0.2, 0.25) is 0 Å². The van der Waals surface area contributed by atoms with E-state index in [0.717, 1.165) is 30.2 Å². The Balaban J connectivity index is 1.37. The van der Waals surface area contributed by atoms with Gasteiger partial charge in [-0.2, -0.15) is 0 Å². The molecule has 0 aromatic heterocycles. The maximum absolute atomic E-state index is 13.4. The van der Waals surface area contributed by atoms with Crippen molar-refractivity contribution in [3.8, 4) is 0 Å². The molecule has 1 aromatic carbocycles. The second kappa shape index (κ2) is 9.30. The molecule has 3 rings (SSSR count). The van der Waals surface area contributed by atoms with Crippen molar-refractivity contribution in [3.05, 3.63) is 35.4 Å². The zero-order valence-electron chi connectivity index (χ0n) is 15.8. The van der Waals surface area contributed by atoms with Gasteiger partial charge in [-0.1, -0.05) is 63.2 Å². The van der Waals surface area contributed by atoms with Crippen molar-refractivity contribution in [2.75, 3.05) is 0 Å². The lowest BCUT2D eigenvalue weighted by atomic mass is 9.76. The Morgan fingerprint density at radius 1 is 0.880 bits per heavy atom. The fourth-order valence-electron chi connectivity index (χ4n) is 5.24. The van der Waals surface area contributed by atoms with E-state index in [-0.39, 0.29) is 8.80 Å². The molecule has 25 heavy (non-hydrogen) atoms. The highest BCUT2D eigenvalue weighted by atomic mass is 28.3. The van der Waals surface area contributed by atoms with Crippen molar-refractivity contribution in [1.82, 2.24) is 0 Å². The van der Waals surface area contributed by atoms with Gasteiger partial charge < -0.3 is 0 Å². The van der Waals surface area contributed by atoms with Crippen LogP contribution in [0, 0.1) is 23.5 Å². The van der Waals surface area contributed by atoms with Gasteiger partial charge in [-0.3, -0.25) is 0 Å². The summed E-state index contributed by atoms with van der Waals surface area (Å²) in [5.41, 5.74) is 0.997. The van der Waals surface area contributed by atoms with Gasteiger partial charge >= 0.3 is 0 Å².